The lowest BCUT2D eigenvalue weighted by molar-refractivity contribution is 0.115. The number of nitrogens with zero attached hydrogens (tertiary/aromatic N) is 2. The fraction of sp³-hybridized carbons (Fsp3) is 0.500. The molecular weight excluding hydrogens is 226 g/mol. The molecule has 0 unspecified atom stereocenters. The van der Waals surface area contributed by atoms with Gasteiger partial charge in [-0.05, 0) is 30.5 Å². The van der Waals surface area contributed by atoms with Crippen LogP contribution in [0.2, 0.25) is 0 Å². The molecule has 2 aromatic rings. The van der Waals surface area contributed by atoms with Crippen LogP contribution in [0.15, 0.2) is 24.4 Å². The van der Waals surface area contributed by atoms with Gasteiger partial charge in [-0.15, -0.1) is 0 Å². The fourth-order valence-electron chi connectivity index (χ4n) is 1.84. The molecule has 0 aliphatic heterocycles. The van der Waals surface area contributed by atoms with Gasteiger partial charge >= 0.3 is 0 Å². The molecule has 4 nitrogen and oxygen atoms in total. The Morgan fingerprint density at radius 3 is 2.94 bits per heavy atom. The van der Waals surface area contributed by atoms with Gasteiger partial charge in [-0.1, -0.05) is 13.8 Å². The Kier molecular flexibility index (Phi) is 4.20. The number of aromatic nitrogens is 2. The van der Waals surface area contributed by atoms with Crippen molar-refractivity contribution in [3.05, 3.63) is 24.4 Å². The number of hydrogen-bond donors (Lipinski definition) is 1. The summed E-state index contributed by atoms with van der Waals surface area (Å²) >= 11 is 0. The number of nitrogen functional groups attached to an aromatic ring is 1. The van der Waals surface area contributed by atoms with Crippen molar-refractivity contribution in [3.63, 3.8) is 0 Å². The highest BCUT2D eigenvalue weighted by Crippen LogP contribution is 2.16. The van der Waals surface area contributed by atoms with Gasteiger partial charge in [0.25, 0.3) is 0 Å². The largest absolute Gasteiger partial charge is 0.399 e. The van der Waals surface area contributed by atoms with Crippen molar-refractivity contribution in [2.45, 2.75) is 26.8 Å². The van der Waals surface area contributed by atoms with Crippen molar-refractivity contribution < 1.29 is 4.74 Å². The molecule has 1 aromatic carbocycles. The van der Waals surface area contributed by atoms with Gasteiger partial charge in [0.05, 0.1) is 24.9 Å². The van der Waals surface area contributed by atoms with Crippen LogP contribution in [0.5, 0.6) is 0 Å². The molecule has 0 spiro atoms. The maximum Gasteiger partial charge on any atom is 0.0703 e. The standard InChI is InChI=1S/C14H21N3O/c1-11(2)5-7-18-8-6-17-14-9-13(15)4-3-12(14)10-16-17/h3-4,9-11H,5-8,15H2,1-2H3. The predicted octanol–water partition coefficient (Wildman–Crippen LogP) is 2.68. The Morgan fingerprint density at radius 2 is 2.17 bits per heavy atom. The molecule has 0 saturated carbocycles. The lowest BCUT2D eigenvalue weighted by atomic mass is 10.1. The van der Waals surface area contributed by atoms with Crippen LogP contribution < -0.4 is 5.73 Å². The molecule has 0 bridgehead atoms. The van der Waals surface area contributed by atoms with E-state index in [0.29, 0.717) is 12.5 Å². The van der Waals surface area contributed by atoms with Gasteiger partial charge in [-0.3, -0.25) is 4.68 Å². The third kappa shape index (κ3) is 3.23. The number of rotatable bonds is 6. The number of fused-ring (bicyclic) bond motifs is 1. The van der Waals surface area contributed by atoms with Gasteiger partial charge in [0.1, 0.15) is 0 Å². The van der Waals surface area contributed by atoms with Crippen LogP contribution in [0.25, 0.3) is 10.9 Å². The molecule has 2 N–H and O–H groups in total. The minimum Gasteiger partial charge on any atom is -0.399 e. The number of nitrogens with two attached hydrogens (primary N) is 1. The fourth-order valence-corrected chi connectivity index (χ4v) is 1.84. The lowest BCUT2D eigenvalue weighted by Crippen LogP contribution is -2.09. The average Bonchev–Trinajstić information content (AvgIpc) is 2.71. The molecule has 0 aliphatic rings. The minimum atomic E-state index is 0.690. The van der Waals surface area contributed by atoms with Gasteiger partial charge in [0, 0.05) is 17.7 Å². The first-order valence-electron chi connectivity index (χ1n) is 6.45. The van der Waals surface area contributed by atoms with Crippen molar-refractivity contribution in [1.29, 1.82) is 0 Å². The van der Waals surface area contributed by atoms with Crippen molar-refractivity contribution in [1.82, 2.24) is 9.78 Å². The molecule has 4 heteroatoms. The summed E-state index contributed by atoms with van der Waals surface area (Å²) in [5.74, 6) is 0.690. The van der Waals surface area contributed by atoms with Gasteiger partial charge in [-0.25, -0.2) is 0 Å². The normalized spacial score (nSPS) is 11.5. The predicted molar refractivity (Wildman–Crippen MR) is 74.4 cm³/mol. The summed E-state index contributed by atoms with van der Waals surface area (Å²) in [6.07, 6.45) is 2.97. The summed E-state index contributed by atoms with van der Waals surface area (Å²) in [7, 11) is 0. The molecule has 0 aliphatic carbocycles. The van der Waals surface area contributed by atoms with Gasteiger partial charge in [0.2, 0.25) is 0 Å². The number of benzene rings is 1. The quantitative estimate of drug-likeness (QED) is 0.630. The van der Waals surface area contributed by atoms with Gasteiger partial charge in [0.15, 0.2) is 0 Å². The molecule has 0 atom stereocenters. The first-order chi connectivity index (χ1) is 8.66. The Morgan fingerprint density at radius 1 is 1.33 bits per heavy atom. The van der Waals surface area contributed by atoms with E-state index < -0.39 is 0 Å². The van der Waals surface area contributed by atoms with Crippen molar-refractivity contribution in [3.8, 4) is 0 Å². The van der Waals surface area contributed by atoms with Gasteiger partial charge in [-0.2, -0.15) is 5.10 Å². The average molecular weight is 247 g/mol. The number of anilines is 1. The molecule has 18 heavy (non-hydrogen) atoms. The second-order valence-corrected chi connectivity index (χ2v) is 4.98. The van der Waals surface area contributed by atoms with E-state index in [1.807, 2.05) is 29.1 Å². The highest BCUT2D eigenvalue weighted by Gasteiger charge is 2.02. The van der Waals surface area contributed by atoms with Gasteiger partial charge < -0.3 is 10.5 Å². The third-order valence-electron chi connectivity index (χ3n) is 2.96. The van der Waals surface area contributed by atoms with Crippen molar-refractivity contribution in [2.24, 2.45) is 5.92 Å². The molecule has 98 valence electrons. The topological polar surface area (TPSA) is 53.1 Å². The van der Waals surface area contributed by atoms with E-state index >= 15 is 0 Å². The first kappa shape index (κ1) is 12.9. The zero-order valence-corrected chi connectivity index (χ0v) is 11.1. The van der Waals surface area contributed by atoms with Crippen LogP contribution in [0.4, 0.5) is 5.69 Å². The Labute approximate surface area is 108 Å². The highest BCUT2D eigenvalue weighted by molar-refractivity contribution is 5.81. The monoisotopic (exact) mass is 247 g/mol. The Bertz CT molecular complexity index is 505. The zero-order chi connectivity index (χ0) is 13.0. The van der Waals surface area contributed by atoms with Crippen molar-refractivity contribution >= 4 is 16.6 Å². The van der Waals surface area contributed by atoms with Crippen LogP contribution in [-0.4, -0.2) is 23.0 Å². The SMILES string of the molecule is CC(C)CCOCCn1ncc2ccc(N)cc21. The number of ether oxygens (including phenoxy) is 1. The second-order valence-electron chi connectivity index (χ2n) is 4.98. The minimum absolute atomic E-state index is 0.690. The van der Waals surface area contributed by atoms with Crippen LogP contribution in [-0.2, 0) is 11.3 Å². The van der Waals surface area contributed by atoms with Crippen LogP contribution in [0, 0.1) is 5.92 Å². The van der Waals surface area contributed by atoms with E-state index in [2.05, 4.69) is 18.9 Å². The summed E-state index contributed by atoms with van der Waals surface area (Å²) < 4.78 is 7.55. The molecule has 1 heterocycles. The maximum atomic E-state index is 5.79. The summed E-state index contributed by atoms with van der Waals surface area (Å²) in [5, 5.41) is 5.47. The summed E-state index contributed by atoms with van der Waals surface area (Å²) in [4.78, 5) is 0. The molecular formula is C14H21N3O. The van der Waals surface area contributed by atoms with Crippen LogP contribution in [0.1, 0.15) is 20.3 Å². The van der Waals surface area contributed by atoms with E-state index in [-0.39, 0.29) is 0 Å². The van der Waals surface area contributed by atoms with E-state index in [0.717, 1.165) is 36.2 Å². The lowest BCUT2D eigenvalue weighted by Gasteiger charge is -2.07. The first-order valence-corrected chi connectivity index (χ1v) is 6.45. The van der Waals surface area contributed by atoms with E-state index in [9.17, 15) is 0 Å². The zero-order valence-electron chi connectivity index (χ0n) is 11.1. The van der Waals surface area contributed by atoms with Crippen LogP contribution in [0.3, 0.4) is 0 Å². The van der Waals surface area contributed by atoms with E-state index in [1.165, 1.54) is 0 Å². The molecule has 0 fully saturated rings. The Balaban J connectivity index is 1.89. The molecule has 0 radical (unpaired) electrons. The molecule has 2 rings (SSSR count). The van der Waals surface area contributed by atoms with Crippen molar-refractivity contribution in [2.75, 3.05) is 18.9 Å². The smallest absolute Gasteiger partial charge is 0.0703 e. The van der Waals surface area contributed by atoms with Crippen LogP contribution >= 0.6 is 0 Å². The third-order valence-corrected chi connectivity index (χ3v) is 2.96. The maximum absolute atomic E-state index is 5.79. The summed E-state index contributed by atoms with van der Waals surface area (Å²) in [5.41, 5.74) is 7.63. The van der Waals surface area contributed by atoms with E-state index in [4.69, 9.17) is 10.5 Å². The Hall–Kier alpha value is -1.55. The molecule has 0 saturated heterocycles. The summed E-state index contributed by atoms with van der Waals surface area (Å²) in [6.45, 7) is 6.68. The molecule has 0 amide bonds. The highest BCUT2D eigenvalue weighted by atomic mass is 16.5. The molecule has 1 aromatic heterocycles. The number of hydrogen-bond acceptors (Lipinski definition) is 3. The second kappa shape index (κ2) is 5.87. The summed E-state index contributed by atoms with van der Waals surface area (Å²) in [6, 6.07) is 5.84. The van der Waals surface area contributed by atoms with E-state index in [1.54, 1.807) is 0 Å².